The van der Waals surface area contributed by atoms with E-state index in [1.807, 2.05) is 48.5 Å². The van der Waals surface area contributed by atoms with Crippen molar-refractivity contribution in [2.45, 2.75) is 26.3 Å². The van der Waals surface area contributed by atoms with E-state index >= 15 is 0 Å². The largest absolute Gasteiger partial charge is 0.497 e. The number of carbonyl (C=O) groups excluding carboxylic acids is 1. The van der Waals surface area contributed by atoms with Crippen LogP contribution in [0.3, 0.4) is 0 Å². The third-order valence-electron chi connectivity index (χ3n) is 4.81. The Morgan fingerprint density at radius 3 is 2.32 bits per heavy atom. The van der Waals surface area contributed by atoms with Crippen molar-refractivity contribution in [1.82, 2.24) is 15.1 Å². The molecular formula is C24H27N3O4. The highest BCUT2D eigenvalue weighted by molar-refractivity contribution is 5.77. The van der Waals surface area contributed by atoms with E-state index in [-0.39, 0.29) is 31.2 Å². The molecule has 0 unspecified atom stereocenters. The van der Waals surface area contributed by atoms with E-state index in [0.717, 1.165) is 11.3 Å². The van der Waals surface area contributed by atoms with Gasteiger partial charge in [-0.3, -0.25) is 9.59 Å². The summed E-state index contributed by atoms with van der Waals surface area (Å²) in [6.07, 6.45) is 0. The molecular weight excluding hydrogens is 394 g/mol. The van der Waals surface area contributed by atoms with E-state index in [2.05, 4.69) is 24.3 Å². The van der Waals surface area contributed by atoms with Crippen molar-refractivity contribution in [1.29, 1.82) is 0 Å². The molecule has 2 aromatic carbocycles. The summed E-state index contributed by atoms with van der Waals surface area (Å²) in [7, 11) is 1.61. The van der Waals surface area contributed by atoms with Gasteiger partial charge >= 0.3 is 0 Å². The monoisotopic (exact) mass is 421 g/mol. The Morgan fingerprint density at radius 2 is 1.68 bits per heavy atom. The van der Waals surface area contributed by atoms with E-state index in [1.54, 1.807) is 13.2 Å². The van der Waals surface area contributed by atoms with Crippen molar-refractivity contribution >= 4 is 5.91 Å². The molecule has 1 amide bonds. The van der Waals surface area contributed by atoms with Gasteiger partial charge in [0, 0.05) is 18.2 Å². The molecule has 1 N–H and O–H groups in total. The van der Waals surface area contributed by atoms with E-state index < -0.39 is 0 Å². The third-order valence-corrected chi connectivity index (χ3v) is 4.81. The van der Waals surface area contributed by atoms with Crippen molar-refractivity contribution in [3.8, 4) is 22.8 Å². The molecule has 31 heavy (non-hydrogen) atoms. The third kappa shape index (κ3) is 6.18. The van der Waals surface area contributed by atoms with Gasteiger partial charge in [0.05, 0.1) is 19.3 Å². The normalized spacial score (nSPS) is 10.7. The second-order valence-electron chi connectivity index (χ2n) is 7.37. The summed E-state index contributed by atoms with van der Waals surface area (Å²) in [5.41, 5.74) is 2.52. The summed E-state index contributed by atoms with van der Waals surface area (Å²) in [6, 6.07) is 18.3. The topological polar surface area (TPSA) is 82.5 Å². The maximum Gasteiger partial charge on any atom is 0.266 e. The lowest BCUT2D eigenvalue weighted by Crippen LogP contribution is -2.34. The minimum Gasteiger partial charge on any atom is -0.497 e. The molecule has 7 heteroatoms. The summed E-state index contributed by atoms with van der Waals surface area (Å²) in [5.74, 6) is 1.58. The fourth-order valence-corrected chi connectivity index (χ4v) is 2.97. The molecule has 162 valence electrons. The van der Waals surface area contributed by atoms with Crippen molar-refractivity contribution < 1.29 is 14.3 Å². The van der Waals surface area contributed by atoms with Crippen LogP contribution in [0.5, 0.6) is 11.5 Å². The van der Waals surface area contributed by atoms with Crippen molar-refractivity contribution in [3.63, 3.8) is 0 Å². The molecule has 0 aliphatic heterocycles. The first kappa shape index (κ1) is 22.1. The molecule has 0 fully saturated rings. The van der Waals surface area contributed by atoms with Gasteiger partial charge < -0.3 is 14.8 Å². The number of rotatable bonds is 9. The Bertz CT molecular complexity index is 1060. The smallest absolute Gasteiger partial charge is 0.266 e. The van der Waals surface area contributed by atoms with Crippen molar-refractivity contribution in [2.75, 3.05) is 20.3 Å². The predicted octanol–water partition coefficient (Wildman–Crippen LogP) is 3.24. The molecule has 0 saturated heterocycles. The predicted molar refractivity (Wildman–Crippen MR) is 120 cm³/mol. The lowest BCUT2D eigenvalue weighted by molar-refractivity contribution is -0.123. The molecule has 0 atom stereocenters. The fourth-order valence-electron chi connectivity index (χ4n) is 2.97. The van der Waals surface area contributed by atoms with Gasteiger partial charge in [0.15, 0.2) is 6.61 Å². The summed E-state index contributed by atoms with van der Waals surface area (Å²) in [5, 5.41) is 7.14. The van der Waals surface area contributed by atoms with Gasteiger partial charge in [-0.15, -0.1) is 0 Å². The minimum absolute atomic E-state index is 0.0881. The number of amides is 1. The van der Waals surface area contributed by atoms with Crippen LogP contribution in [0.4, 0.5) is 0 Å². The van der Waals surface area contributed by atoms with Crippen LogP contribution < -0.4 is 20.3 Å². The Labute approximate surface area is 181 Å². The Hall–Kier alpha value is -3.61. The molecule has 3 aromatic rings. The number of hydrogen-bond acceptors (Lipinski definition) is 5. The zero-order valence-corrected chi connectivity index (χ0v) is 18.0. The van der Waals surface area contributed by atoms with E-state index in [9.17, 15) is 9.59 Å². The highest BCUT2D eigenvalue weighted by Crippen LogP contribution is 2.20. The molecule has 1 heterocycles. The number of nitrogens with zero attached hydrogens (tertiary/aromatic N) is 2. The lowest BCUT2D eigenvalue weighted by Gasteiger charge is -2.10. The standard InChI is InChI=1S/C24H27N3O4/c1-17(2)18-4-10-21(11-5-18)31-16-23(28)25-14-15-27-24(29)13-12-22(26-27)19-6-8-20(30-3)9-7-19/h4-13,17H,14-16H2,1-3H3,(H,25,28). The van der Waals surface area contributed by atoms with E-state index in [4.69, 9.17) is 9.47 Å². The van der Waals surface area contributed by atoms with Crippen molar-refractivity contribution in [2.24, 2.45) is 0 Å². The molecule has 0 radical (unpaired) electrons. The first-order valence-electron chi connectivity index (χ1n) is 10.2. The molecule has 0 spiro atoms. The summed E-state index contributed by atoms with van der Waals surface area (Å²) < 4.78 is 12.0. The highest BCUT2D eigenvalue weighted by Gasteiger charge is 2.07. The lowest BCUT2D eigenvalue weighted by atomic mass is 10.0. The zero-order chi connectivity index (χ0) is 22.2. The van der Waals surface area contributed by atoms with E-state index in [1.165, 1.54) is 16.3 Å². The Morgan fingerprint density at radius 1 is 1.00 bits per heavy atom. The Kier molecular flexibility index (Phi) is 7.43. The van der Waals surface area contributed by atoms with Crippen LogP contribution in [0.15, 0.2) is 65.5 Å². The molecule has 7 nitrogen and oxygen atoms in total. The molecule has 0 aliphatic carbocycles. The van der Waals surface area contributed by atoms with Crippen LogP contribution in [-0.2, 0) is 11.3 Å². The number of benzene rings is 2. The average Bonchev–Trinajstić information content (AvgIpc) is 2.79. The SMILES string of the molecule is COc1ccc(-c2ccc(=O)n(CCNC(=O)COc3ccc(C(C)C)cc3)n2)cc1. The number of hydrogen-bond donors (Lipinski definition) is 1. The quantitative estimate of drug-likeness (QED) is 0.574. The molecule has 1 aromatic heterocycles. The summed E-state index contributed by atoms with van der Waals surface area (Å²) >= 11 is 0. The van der Waals surface area contributed by atoms with Gasteiger partial charge in [0.2, 0.25) is 0 Å². The first-order valence-corrected chi connectivity index (χ1v) is 10.2. The van der Waals surface area contributed by atoms with Crippen LogP contribution in [0.2, 0.25) is 0 Å². The van der Waals surface area contributed by atoms with Crippen LogP contribution in [-0.4, -0.2) is 35.9 Å². The van der Waals surface area contributed by atoms with Gasteiger partial charge in [-0.2, -0.15) is 5.10 Å². The number of methoxy groups -OCH3 is 1. The van der Waals surface area contributed by atoms with Crippen LogP contribution >= 0.6 is 0 Å². The van der Waals surface area contributed by atoms with Gasteiger partial charge in [0.25, 0.3) is 11.5 Å². The van der Waals surface area contributed by atoms with Gasteiger partial charge in [0.1, 0.15) is 11.5 Å². The highest BCUT2D eigenvalue weighted by atomic mass is 16.5. The molecule has 0 aliphatic rings. The van der Waals surface area contributed by atoms with Gasteiger partial charge in [-0.25, -0.2) is 4.68 Å². The summed E-state index contributed by atoms with van der Waals surface area (Å²) in [6.45, 7) is 4.69. The minimum atomic E-state index is -0.257. The summed E-state index contributed by atoms with van der Waals surface area (Å²) in [4.78, 5) is 24.2. The Balaban J connectivity index is 1.51. The van der Waals surface area contributed by atoms with Crippen LogP contribution in [0.25, 0.3) is 11.3 Å². The van der Waals surface area contributed by atoms with Gasteiger partial charge in [-0.1, -0.05) is 26.0 Å². The number of ether oxygens (including phenoxy) is 2. The number of carbonyl (C=O) groups is 1. The van der Waals surface area contributed by atoms with E-state index in [0.29, 0.717) is 17.4 Å². The molecule has 0 saturated carbocycles. The first-order chi connectivity index (χ1) is 15.0. The maximum atomic E-state index is 12.1. The van der Waals surface area contributed by atoms with Crippen LogP contribution in [0.1, 0.15) is 25.3 Å². The number of nitrogens with one attached hydrogen (secondary N) is 1. The maximum absolute atomic E-state index is 12.1. The molecule has 3 rings (SSSR count). The molecule has 0 bridgehead atoms. The average molecular weight is 421 g/mol. The number of aromatic nitrogens is 2. The second kappa shape index (κ2) is 10.4. The van der Waals surface area contributed by atoms with Crippen molar-refractivity contribution in [3.05, 3.63) is 76.6 Å². The van der Waals surface area contributed by atoms with Crippen LogP contribution in [0, 0.1) is 0 Å². The second-order valence-corrected chi connectivity index (χ2v) is 7.37. The zero-order valence-electron chi connectivity index (χ0n) is 18.0. The van der Waals surface area contributed by atoms with Gasteiger partial charge in [-0.05, 0) is 53.9 Å². The fraction of sp³-hybridized carbons (Fsp3) is 0.292.